The van der Waals surface area contributed by atoms with Crippen molar-refractivity contribution in [2.45, 2.75) is 33.2 Å². The third-order valence-corrected chi connectivity index (χ3v) is 4.15. The van der Waals surface area contributed by atoms with E-state index in [-0.39, 0.29) is 23.7 Å². The monoisotopic (exact) mass is 320 g/mol. The first-order chi connectivity index (χ1) is 10.4. The molecule has 0 radical (unpaired) electrons. The van der Waals surface area contributed by atoms with E-state index in [1.165, 1.54) is 23.5 Å². The van der Waals surface area contributed by atoms with Gasteiger partial charge >= 0.3 is 5.97 Å². The summed E-state index contributed by atoms with van der Waals surface area (Å²) in [5, 5.41) is 21.3. The van der Waals surface area contributed by atoms with Crippen LogP contribution in [0.25, 0.3) is 0 Å². The maximum atomic E-state index is 12.0. The van der Waals surface area contributed by atoms with Gasteiger partial charge in [-0.1, -0.05) is 25.2 Å². The van der Waals surface area contributed by atoms with Gasteiger partial charge in [0.15, 0.2) is 0 Å². The van der Waals surface area contributed by atoms with Crippen LogP contribution in [0.15, 0.2) is 12.1 Å². The normalized spacial score (nSPS) is 10.7. The van der Waals surface area contributed by atoms with Gasteiger partial charge in [-0.05, 0) is 19.1 Å². The summed E-state index contributed by atoms with van der Waals surface area (Å²) in [5.41, 5.74) is 0.566. The smallest absolute Gasteiger partial charge is 0.337 e. The Morgan fingerprint density at radius 1 is 1.32 bits per heavy atom. The average Bonchev–Trinajstić information content (AvgIpc) is 2.93. The second-order valence-corrected chi connectivity index (χ2v) is 6.10. The zero-order valence-corrected chi connectivity index (χ0v) is 13.3. The lowest BCUT2D eigenvalue weighted by molar-refractivity contribution is 0.0694. The largest absolute Gasteiger partial charge is 0.478 e. The van der Waals surface area contributed by atoms with E-state index in [1.54, 1.807) is 6.92 Å². The Balaban J connectivity index is 2.02. The molecule has 0 saturated heterocycles. The predicted octanol–water partition coefficient (Wildman–Crippen LogP) is 1.99. The number of rotatable bonds is 5. The number of carboxylic acids is 1. The zero-order chi connectivity index (χ0) is 16.3. The van der Waals surface area contributed by atoms with Crippen molar-refractivity contribution in [1.29, 1.82) is 0 Å². The quantitative estimate of drug-likeness (QED) is 0.873. The van der Waals surface area contributed by atoms with Crippen molar-refractivity contribution in [3.05, 3.63) is 39.1 Å². The molecule has 116 valence electrons. The number of nitrogens with zero attached hydrogens (tertiary/aromatic N) is 3. The molecular weight excluding hydrogens is 304 g/mol. The van der Waals surface area contributed by atoms with Gasteiger partial charge in [-0.15, -0.1) is 10.2 Å². The molecule has 0 saturated carbocycles. The molecule has 0 aliphatic rings. The van der Waals surface area contributed by atoms with Gasteiger partial charge in [0.1, 0.15) is 15.7 Å². The molecular formula is C14H16N4O3S. The summed E-state index contributed by atoms with van der Waals surface area (Å²) in [6.45, 7) is 5.88. The van der Waals surface area contributed by atoms with Crippen LogP contribution in [0.2, 0.25) is 0 Å². The van der Waals surface area contributed by atoms with E-state index < -0.39 is 5.97 Å². The Kier molecular flexibility index (Phi) is 4.81. The number of carbonyl (C=O) groups is 2. The van der Waals surface area contributed by atoms with E-state index >= 15 is 0 Å². The molecule has 0 atom stereocenters. The number of aromatic carboxylic acids is 1. The summed E-state index contributed by atoms with van der Waals surface area (Å²) in [5.74, 6) is -1.14. The SMILES string of the molecule is Cc1nc(C(=O)NCc2nnc(C(C)C)s2)ccc1C(=O)O. The molecule has 2 heterocycles. The van der Waals surface area contributed by atoms with E-state index in [4.69, 9.17) is 5.11 Å². The maximum Gasteiger partial charge on any atom is 0.337 e. The van der Waals surface area contributed by atoms with Crippen LogP contribution in [-0.4, -0.2) is 32.2 Å². The molecule has 8 heteroatoms. The summed E-state index contributed by atoms with van der Waals surface area (Å²) < 4.78 is 0. The van der Waals surface area contributed by atoms with Crippen molar-refractivity contribution in [2.24, 2.45) is 0 Å². The fourth-order valence-electron chi connectivity index (χ4n) is 1.73. The van der Waals surface area contributed by atoms with Crippen molar-refractivity contribution < 1.29 is 14.7 Å². The van der Waals surface area contributed by atoms with E-state index in [9.17, 15) is 9.59 Å². The third kappa shape index (κ3) is 3.64. The summed E-state index contributed by atoms with van der Waals surface area (Å²) >= 11 is 1.45. The summed E-state index contributed by atoms with van der Waals surface area (Å²) in [6.07, 6.45) is 0. The molecule has 0 fully saturated rings. The Hall–Kier alpha value is -2.35. The maximum absolute atomic E-state index is 12.0. The molecule has 2 rings (SSSR count). The molecule has 2 N–H and O–H groups in total. The van der Waals surface area contributed by atoms with Crippen LogP contribution in [0.5, 0.6) is 0 Å². The van der Waals surface area contributed by atoms with Gasteiger partial charge in [0.05, 0.1) is 17.8 Å². The Bertz CT molecular complexity index is 712. The van der Waals surface area contributed by atoms with Crippen molar-refractivity contribution in [3.8, 4) is 0 Å². The van der Waals surface area contributed by atoms with E-state index in [1.807, 2.05) is 13.8 Å². The summed E-state index contributed by atoms with van der Waals surface area (Å²) in [6, 6.07) is 2.77. The van der Waals surface area contributed by atoms with Gasteiger partial charge in [0, 0.05) is 5.92 Å². The predicted molar refractivity (Wildman–Crippen MR) is 81.1 cm³/mol. The number of amides is 1. The first kappa shape index (κ1) is 16.0. The number of hydrogen-bond donors (Lipinski definition) is 2. The molecule has 0 aliphatic carbocycles. The zero-order valence-electron chi connectivity index (χ0n) is 12.5. The van der Waals surface area contributed by atoms with Crippen LogP contribution >= 0.6 is 11.3 Å². The van der Waals surface area contributed by atoms with Crippen LogP contribution in [0.1, 0.15) is 56.3 Å². The molecule has 0 aromatic carbocycles. The lowest BCUT2D eigenvalue weighted by atomic mass is 10.2. The van der Waals surface area contributed by atoms with Gasteiger partial charge < -0.3 is 10.4 Å². The van der Waals surface area contributed by atoms with Crippen molar-refractivity contribution >= 4 is 23.2 Å². The highest BCUT2D eigenvalue weighted by molar-refractivity contribution is 7.11. The lowest BCUT2D eigenvalue weighted by Crippen LogP contribution is -2.24. The lowest BCUT2D eigenvalue weighted by Gasteiger charge is -2.05. The average molecular weight is 320 g/mol. The van der Waals surface area contributed by atoms with E-state index in [0.717, 1.165) is 10.0 Å². The fourth-order valence-corrected chi connectivity index (χ4v) is 2.52. The van der Waals surface area contributed by atoms with Crippen LogP contribution < -0.4 is 5.32 Å². The minimum Gasteiger partial charge on any atom is -0.478 e. The Morgan fingerprint density at radius 2 is 2.05 bits per heavy atom. The Morgan fingerprint density at radius 3 is 2.59 bits per heavy atom. The Labute approximate surface area is 131 Å². The highest BCUT2D eigenvalue weighted by Gasteiger charge is 2.14. The minimum atomic E-state index is -1.06. The number of aryl methyl sites for hydroxylation is 1. The van der Waals surface area contributed by atoms with Crippen LogP contribution in [-0.2, 0) is 6.54 Å². The number of carboxylic acid groups (broad SMARTS) is 1. The molecule has 7 nitrogen and oxygen atoms in total. The molecule has 0 bridgehead atoms. The summed E-state index contributed by atoms with van der Waals surface area (Å²) in [4.78, 5) is 27.0. The number of pyridine rings is 1. The first-order valence-corrected chi connectivity index (χ1v) is 7.51. The number of nitrogens with one attached hydrogen (secondary N) is 1. The summed E-state index contributed by atoms with van der Waals surface area (Å²) in [7, 11) is 0. The van der Waals surface area contributed by atoms with Gasteiger partial charge in [0.2, 0.25) is 0 Å². The van der Waals surface area contributed by atoms with Crippen LogP contribution in [0.4, 0.5) is 0 Å². The first-order valence-electron chi connectivity index (χ1n) is 6.70. The fraction of sp³-hybridized carbons (Fsp3) is 0.357. The van der Waals surface area contributed by atoms with Gasteiger partial charge in [-0.3, -0.25) is 4.79 Å². The second kappa shape index (κ2) is 6.61. The van der Waals surface area contributed by atoms with Gasteiger partial charge in [-0.2, -0.15) is 0 Å². The van der Waals surface area contributed by atoms with Gasteiger partial charge in [-0.25, -0.2) is 9.78 Å². The molecule has 22 heavy (non-hydrogen) atoms. The molecule has 0 spiro atoms. The third-order valence-electron chi connectivity index (χ3n) is 2.93. The molecule has 0 unspecified atom stereocenters. The van der Waals surface area contributed by atoms with Crippen molar-refractivity contribution in [1.82, 2.24) is 20.5 Å². The number of hydrogen-bond acceptors (Lipinski definition) is 6. The highest BCUT2D eigenvalue weighted by Crippen LogP contribution is 2.18. The second-order valence-electron chi connectivity index (χ2n) is 5.01. The van der Waals surface area contributed by atoms with E-state index in [2.05, 4.69) is 20.5 Å². The highest BCUT2D eigenvalue weighted by atomic mass is 32.1. The minimum absolute atomic E-state index is 0.0854. The van der Waals surface area contributed by atoms with E-state index in [0.29, 0.717) is 11.6 Å². The standard InChI is InChI=1S/C14H16N4O3S/c1-7(2)13-18-17-11(22-13)6-15-12(19)10-5-4-9(14(20)21)8(3)16-10/h4-5,7H,6H2,1-3H3,(H,15,19)(H,20,21). The molecule has 1 amide bonds. The topological polar surface area (TPSA) is 105 Å². The van der Waals surface area contributed by atoms with Crippen molar-refractivity contribution in [2.75, 3.05) is 0 Å². The van der Waals surface area contributed by atoms with Crippen molar-refractivity contribution in [3.63, 3.8) is 0 Å². The number of aromatic nitrogens is 3. The molecule has 2 aromatic heterocycles. The molecule has 2 aromatic rings. The number of carbonyl (C=O) groups excluding carboxylic acids is 1. The van der Waals surface area contributed by atoms with Gasteiger partial charge in [0.25, 0.3) is 5.91 Å². The van der Waals surface area contributed by atoms with Crippen LogP contribution in [0.3, 0.4) is 0 Å². The molecule has 0 aliphatic heterocycles. The van der Waals surface area contributed by atoms with Crippen LogP contribution in [0, 0.1) is 6.92 Å².